The summed E-state index contributed by atoms with van der Waals surface area (Å²) in [6, 6.07) is 10.0. The van der Waals surface area contributed by atoms with Crippen molar-refractivity contribution in [2.45, 2.75) is 12.8 Å². The van der Waals surface area contributed by atoms with Crippen LogP contribution in [0.2, 0.25) is 0 Å². The minimum atomic E-state index is 0.763. The predicted octanol–water partition coefficient (Wildman–Crippen LogP) is 2.26. The summed E-state index contributed by atoms with van der Waals surface area (Å²) in [7, 11) is 0. The lowest BCUT2D eigenvalue weighted by atomic mass is 10.3. The van der Waals surface area contributed by atoms with E-state index in [0.29, 0.717) is 0 Å². The van der Waals surface area contributed by atoms with Gasteiger partial charge < -0.3 is 4.90 Å². The van der Waals surface area contributed by atoms with E-state index in [1.54, 1.807) is 6.20 Å². The first kappa shape index (κ1) is 12.1. The molecule has 1 saturated heterocycles. The van der Waals surface area contributed by atoms with Crippen LogP contribution in [0.5, 0.6) is 0 Å². The van der Waals surface area contributed by atoms with Crippen molar-refractivity contribution in [3.8, 4) is 17.1 Å². The molecule has 106 valence electrons. The summed E-state index contributed by atoms with van der Waals surface area (Å²) >= 11 is 0. The second-order valence-corrected chi connectivity index (χ2v) is 5.19. The molecule has 3 heterocycles. The van der Waals surface area contributed by atoms with E-state index in [1.807, 2.05) is 41.2 Å². The van der Waals surface area contributed by atoms with Gasteiger partial charge in [0.05, 0.1) is 17.4 Å². The molecule has 0 aliphatic carbocycles. The Bertz CT molecular complexity index is 723. The van der Waals surface area contributed by atoms with Crippen molar-refractivity contribution < 1.29 is 0 Å². The van der Waals surface area contributed by atoms with Crippen molar-refractivity contribution in [2.24, 2.45) is 0 Å². The number of hydrogen-bond acceptors (Lipinski definition) is 4. The molecule has 4 rings (SSSR count). The van der Waals surface area contributed by atoms with Gasteiger partial charge in [-0.3, -0.25) is 5.10 Å². The molecule has 1 fully saturated rings. The lowest BCUT2D eigenvalue weighted by molar-refractivity contribution is 0.880. The Morgan fingerprint density at radius 3 is 2.67 bits per heavy atom. The Morgan fingerprint density at radius 1 is 1.05 bits per heavy atom. The van der Waals surface area contributed by atoms with Crippen LogP contribution >= 0.6 is 0 Å². The van der Waals surface area contributed by atoms with E-state index >= 15 is 0 Å². The molecular weight excluding hydrogens is 264 g/mol. The van der Waals surface area contributed by atoms with Gasteiger partial charge in [-0.05, 0) is 25.0 Å². The zero-order valence-electron chi connectivity index (χ0n) is 11.6. The lowest BCUT2D eigenvalue weighted by Crippen LogP contribution is -2.18. The molecule has 0 atom stereocenters. The molecule has 0 unspecified atom stereocenters. The first-order valence-electron chi connectivity index (χ1n) is 7.18. The quantitative estimate of drug-likeness (QED) is 0.799. The van der Waals surface area contributed by atoms with Gasteiger partial charge in [0.2, 0.25) is 5.95 Å². The molecule has 6 nitrogen and oxygen atoms in total. The van der Waals surface area contributed by atoms with Gasteiger partial charge in [0.15, 0.2) is 5.82 Å². The zero-order chi connectivity index (χ0) is 14.1. The van der Waals surface area contributed by atoms with E-state index in [9.17, 15) is 0 Å². The van der Waals surface area contributed by atoms with Crippen molar-refractivity contribution in [1.82, 2.24) is 25.0 Å². The number of nitrogens with zero attached hydrogens (tertiary/aromatic N) is 5. The third-order valence-electron chi connectivity index (χ3n) is 3.74. The summed E-state index contributed by atoms with van der Waals surface area (Å²) in [4.78, 5) is 6.79. The third kappa shape index (κ3) is 2.29. The second kappa shape index (κ2) is 5.05. The molecule has 21 heavy (non-hydrogen) atoms. The standard InChI is InChI=1S/C15H16N6/c1-2-6-13(7-3-1)21-11-12(10-16-21)14-17-15(19-18-14)20-8-4-5-9-20/h1-3,6-7,10-11H,4-5,8-9H2,(H,17,18,19). The van der Waals surface area contributed by atoms with E-state index in [4.69, 9.17) is 0 Å². The number of benzene rings is 1. The van der Waals surface area contributed by atoms with Gasteiger partial charge in [0.1, 0.15) is 0 Å². The SMILES string of the molecule is c1ccc(-n2cc(-c3nc(N4CCCC4)n[nH]3)cn2)cc1. The van der Waals surface area contributed by atoms with E-state index in [-0.39, 0.29) is 0 Å². The fraction of sp³-hybridized carbons (Fsp3) is 0.267. The number of para-hydroxylation sites is 1. The molecule has 0 radical (unpaired) electrons. The molecule has 1 N–H and O–H groups in total. The monoisotopic (exact) mass is 280 g/mol. The van der Waals surface area contributed by atoms with Crippen LogP contribution in [0.1, 0.15) is 12.8 Å². The Hall–Kier alpha value is -2.63. The highest BCUT2D eigenvalue weighted by Gasteiger charge is 2.17. The summed E-state index contributed by atoms with van der Waals surface area (Å²) in [6.45, 7) is 2.08. The van der Waals surface area contributed by atoms with Crippen LogP contribution in [0.15, 0.2) is 42.7 Å². The Balaban J connectivity index is 1.61. The highest BCUT2D eigenvalue weighted by Crippen LogP contribution is 2.20. The third-order valence-corrected chi connectivity index (χ3v) is 3.74. The van der Waals surface area contributed by atoms with Crippen LogP contribution in [0.3, 0.4) is 0 Å². The summed E-state index contributed by atoms with van der Waals surface area (Å²) in [5.74, 6) is 1.55. The molecule has 3 aromatic rings. The molecule has 0 spiro atoms. The van der Waals surface area contributed by atoms with Gasteiger partial charge in [-0.25, -0.2) is 4.68 Å². The largest absolute Gasteiger partial charge is 0.340 e. The van der Waals surface area contributed by atoms with Gasteiger partial charge in [-0.2, -0.15) is 10.1 Å². The molecule has 2 aromatic heterocycles. The Kier molecular flexibility index (Phi) is 2.92. The molecule has 1 aromatic carbocycles. The lowest BCUT2D eigenvalue weighted by Gasteiger charge is -2.10. The van der Waals surface area contributed by atoms with Crippen molar-refractivity contribution >= 4 is 5.95 Å². The van der Waals surface area contributed by atoms with Gasteiger partial charge in [-0.15, -0.1) is 5.10 Å². The molecule has 0 saturated carbocycles. The number of aromatic nitrogens is 5. The molecule has 0 amide bonds. The van der Waals surface area contributed by atoms with Crippen LogP contribution in [0.25, 0.3) is 17.1 Å². The maximum absolute atomic E-state index is 4.58. The van der Waals surface area contributed by atoms with E-state index in [2.05, 4.69) is 25.2 Å². The van der Waals surface area contributed by atoms with E-state index < -0.39 is 0 Å². The first-order valence-corrected chi connectivity index (χ1v) is 7.18. The number of H-pyrrole nitrogens is 1. The maximum Gasteiger partial charge on any atom is 0.245 e. The molecular formula is C15H16N6. The average Bonchev–Trinajstić information content (AvgIpc) is 3.27. The van der Waals surface area contributed by atoms with E-state index in [0.717, 1.165) is 36.1 Å². The normalized spacial score (nSPS) is 14.8. The number of aromatic amines is 1. The van der Waals surface area contributed by atoms with Gasteiger partial charge >= 0.3 is 0 Å². The van der Waals surface area contributed by atoms with Gasteiger partial charge in [0, 0.05) is 19.3 Å². The average molecular weight is 280 g/mol. The molecule has 0 bridgehead atoms. The minimum absolute atomic E-state index is 0.763. The first-order chi connectivity index (χ1) is 10.4. The second-order valence-electron chi connectivity index (χ2n) is 5.19. The summed E-state index contributed by atoms with van der Waals surface area (Å²) < 4.78 is 1.84. The van der Waals surface area contributed by atoms with Gasteiger partial charge in [-0.1, -0.05) is 18.2 Å². The minimum Gasteiger partial charge on any atom is -0.340 e. The molecule has 6 heteroatoms. The number of hydrogen-bond donors (Lipinski definition) is 1. The summed E-state index contributed by atoms with van der Waals surface area (Å²) in [5.41, 5.74) is 1.97. The van der Waals surface area contributed by atoms with Crippen molar-refractivity contribution in [3.05, 3.63) is 42.7 Å². The van der Waals surface area contributed by atoms with Crippen molar-refractivity contribution in [1.29, 1.82) is 0 Å². The number of nitrogens with one attached hydrogen (secondary N) is 1. The summed E-state index contributed by atoms with van der Waals surface area (Å²) in [6.07, 6.45) is 6.20. The fourth-order valence-electron chi connectivity index (χ4n) is 2.61. The Labute approximate surface area is 122 Å². The van der Waals surface area contributed by atoms with Crippen LogP contribution in [0, 0.1) is 0 Å². The summed E-state index contributed by atoms with van der Waals surface area (Å²) in [5, 5.41) is 11.7. The maximum atomic E-state index is 4.58. The molecule has 1 aliphatic heterocycles. The van der Waals surface area contributed by atoms with Crippen LogP contribution < -0.4 is 4.90 Å². The van der Waals surface area contributed by atoms with Crippen molar-refractivity contribution in [2.75, 3.05) is 18.0 Å². The van der Waals surface area contributed by atoms with Crippen LogP contribution in [-0.2, 0) is 0 Å². The van der Waals surface area contributed by atoms with Crippen LogP contribution in [0.4, 0.5) is 5.95 Å². The smallest absolute Gasteiger partial charge is 0.245 e. The molecule has 1 aliphatic rings. The number of rotatable bonds is 3. The number of anilines is 1. The fourth-order valence-corrected chi connectivity index (χ4v) is 2.61. The van der Waals surface area contributed by atoms with Gasteiger partial charge in [0.25, 0.3) is 0 Å². The van der Waals surface area contributed by atoms with E-state index in [1.165, 1.54) is 12.8 Å². The predicted molar refractivity (Wildman–Crippen MR) is 80.4 cm³/mol. The van der Waals surface area contributed by atoms with Crippen molar-refractivity contribution in [3.63, 3.8) is 0 Å². The Morgan fingerprint density at radius 2 is 1.86 bits per heavy atom. The topological polar surface area (TPSA) is 62.6 Å². The van der Waals surface area contributed by atoms with Crippen LogP contribution in [-0.4, -0.2) is 38.1 Å². The highest BCUT2D eigenvalue weighted by atomic mass is 15.4. The zero-order valence-corrected chi connectivity index (χ0v) is 11.6. The highest BCUT2D eigenvalue weighted by molar-refractivity contribution is 5.55.